The first-order valence-electron chi connectivity index (χ1n) is 10.3. The zero-order valence-electron chi connectivity index (χ0n) is 16.8. The minimum absolute atomic E-state index is 0.00227. The number of halogens is 1. The maximum atomic E-state index is 13.3. The summed E-state index contributed by atoms with van der Waals surface area (Å²) in [5, 5.41) is 0. The van der Waals surface area contributed by atoms with Gasteiger partial charge in [0.25, 0.3) is 0 Å². The number of hydrogen-bond acceptors (Lipinski definition) is 3. The predicted molar refractivity (Wildman–Crippen MR) is 107 cm³/mol. The molecule has 2 aromatic rings. The molecule has 0 bridgehead atoms. The van der Waals surface area contributed by atoms with Crippen molar-refractivity contribution in [3.8, 4) is 11.3 Å². The first-order valence-corrected chi connectivity index (χ1v) is 10.3. The highest BCUT2D eigenvalue weighted by Crippen LogP contribution is 2.28. The van der Waals surface area contributed by atoms with E-state index in [1.54, 1.807) is 12.1 Å². The van der Waals surface area contributed by atoms with Gasteiger partial charge >= 0.3 is 0 Å². The summed E-state index contributed by atoms with van der Waals surface area (Å²) in [6.45, 7) is 9.81. The van der Waals surface area contributed by atoms with E-state index < -0.39 is 0 Å². The molecule has 3 heterocycles. The summed E-state index contributed by atoms with van der Waals surface area (Å²) in [6.07, 6.45) is 3.51. The van der Waals surface area contributed by atoms with Crippen molar-refractivity contribution >= 4 is 5.91 Å². The minimum atomic E-state index is -0.244. The predicted octanol–water partition coefficient (Wildman–Crippen LogP) is 3.05. The zero-order valence-corrected chi connectivity index (χ0v) is 16.8. The molecule has 6 heteroatoms. The van der Waals surface area contributed by atoms with Crippen LogP contribution in [0.25, 0.3) is 11.3 Å². The van der Waals surface area contributed by atoms with Crippen LogP contribution < -0.4 is 0 Å². The van der Waals surface area contributed by atoms with E-state index >= 15 is 0 Å². The van der Waals surface area contributed by atoms with Crippen molar-refractivity contribution in [3.05, 3.63) is 42.1 Å². The van der Waals surface area contributed by atoms with Crippen LogP contribution in [0.3, 0.4) is 0 Å². The Kier molecular flexibility index (Phi) is 5.49. The smallest absolute Gasteiger partial charge is 0.227 e. The van der Waals surface area contributed by atoms with Gasteiger partial charge in [-0.05, 0) is 42.2 Å². The van der Waals surface area contributed by atoms with Crippen LogP contribution in [0.4, 0.5) is 4.39 Å². The summed E-state index contributed by atoms with van der Waals surface area (Å²) in [7, 11) is 0. The molecule has 1 unspecified atom stereocenters. The Morgan fingerprint density at radius 2 is 1.89 bits per heavy atom. The fourth-order valence-corrected chi connectivity index (χ4v) is 4.41. The summed E-state index contributed by atoms with van der Waals surface area (Å²) in [6, 6.07) is 6.49. The molecule has 1 saturated heterocycles. The summed E-state index contributed by atoms with van der Waals surface area (Å²) >= 11 is 0. The zero-order chi connectivity index (χ0) is 19.7. The molecular weight excluding hydrogens is 355 g/mol. The van der Waals surface area contributed by atoms with Gasteiger partial charge in [-0.15, -0.1) is 0 Å². The van der Waals surface area contributed by atoms with E-state index in [-0.39, 0.29) is 17.6 Å². The SMILES string of the molecule is CC(C)CN1CCN(C(=O)C2CCc3ncc(-c4ccc(F)cc4)n3C2)CC1. The lowest BCUT2D eigenvalue weighted by Crippen LogP contribution is -2.51. The van der Waals surface area contributed by atoms with Gasteiger partial charge in [0.05, 0.1) is 17.8 Å². The van der Waals surface area contributed by atoms with Crippen LogP contribution in [0.5, 0.6) is 0 Å². The number of amides is 1. The Bertz CT molecular complexity index is 822. The van der Waals surface area contributed by atoms with Crippen LogP contribution in [-0.2, 0) is 17.8 Å². The number of piperazine rings is 1. The van der Waals surface area contributed by atoms with Crippen molar-refractivity contribution in [2.45, 2.75) is 33.2 Å². The molecule has 5 nitrogen and oxygen atoms in total. The summed E-state index contributed by atoms with van der Waals surface area (Å²) in [5.74, 6) is 1.70. The van der Waals surface area contributed by atoms with Gasteiger partial charge in [0.15, 0.2) is 0 Å². The molecule has 1 atom stereocenters. The van der Waals surface area contributed by atoms with E-state index in [4.69, 9.17) is 0 Å². The molecule has 1 amide bonds. The summed E-state index contributed by atoms with van der Waals surface area (Å²) < 4.78 is 15.4. The van der Waals surface area contributed by atoms with Crippen molar-refractivity contribution in [2.24, 2.45) is 11.8 Å². The first-order chi connectivity index (χ1) is 13.5. The van der Waals surface area contributed by atoms with Gasteiger partial charge in [-0.3, -0.25) is 9.69 Å². The third-order valence-electron chi connectivity index (χ3n) is 5.85. The van der Waals surface area contributed by atoms with Crippen molar-refractivity contribution in [1.82, 2.24) is 19.4 Å². The maximum absolute atomic E-state index is 13.3. The number of aryl methyl sites for hydroxylation is 1. The van der Waals surface area contributed by atoms with Gasteiger partial charge in [0.1, 0.15) is 11.6 Å². The fourth-order valence-electron chi connectivity index (χ4n) is 4.41. The monoisotopic (exact) mass is 384 g/mol. The van der Waals surface area contributed by atoms with Gasteiger partial charge in [0, 0.05) is 45.7 Å². The normalized spacial score (nSPS) is 20.4. The van der Waals surface area contributed by atoms with E-state index in [9.17, 15) is 9.18 Å². The van der Waals surface area contributed by atoms with E-state index in [0.717, 1.165) is 62.6 Å². The summed E-state index contributed by atoms with van der Waals surface area (Å²) in [5.41, 5.74) is 1.91. The van der Waals surface area contributed by atoms with Gasteiger partial charge < -0.3 is 9.47 Å². The minimum Gasteiger partial charge on any atom is -0.340 e. The fraction of sp³-hybridized carbons (Fsp3) is 0.545. The number of carbonyl (C=O) groups is 1. The number of fused-ring (bicyclic) bond motifs is 1. The molecule has 0 spiro atoms. The molecule has 0 N–H and O–H groups in total. The Labute approximate surface area is 166 Å². The number of rotatable bonds is 4. The van der Waals surface area contributed by atoms with Crippen LogP contribution in [-0.4, -0.2) is 58.0 Å². The van der Waals surface area contributed by atoms with Gasteiger partial charge in [0.2, 0.25) is 5.91 Å². The lowest BCUT2D eigenvalue weighted by atomic mass is 9.97. The molecule has 1 aromatic carbocycles. The van der Waals surface area contributed by atoms with E-state index in [2.05, 4.69) is 28.3 Å². The van der Waals surface area contributed by atoms with Crippen LogP contribution in [0.15, 0.2) is 30.5 Å². The van der Waals surface area contributed by atoms with Gasteiger partial charge in [-0.1, -0.05) is 13.8 Å². The van der Waals surface area contributed by atoms with E-state index in [0.29, 0.717) is 12.5 Å². The molecule has 1 aromatic heterocycles. The quantitative estimate of drug-likeness (QED) is 0.814. The molecule has 0 saturated carbocycles. The number of carbonyl (C=O) groups excluding carboxylic acids is 1. The van der Waals surface area contributed by atoms with Crippen LogP contribution in [0, 0.1) is 17.7 Å². The van der Waals surface area contributed by atoms with Gasteiger partial charge in [-0.2, -0.15) is 0 Å². The van der Waals surface area contributed by atoms with Crippen molar-refractivity contribution in [3.63, 3.8) is 0 Å². The number of hydrogen-bond donors (Lipinski definition) is 0. The number of imidazole rings is 1. The molecular formula is C22H29FN4O. The number of nitrogens with zero attached hydrogens (tertiary/aromatic N) is 4. The molecule has 4 rings (SSSR count). The van der Waals surface area contributed by atoms with Crippen LogP contribution in [0.2, 0.25) is 0 Å². The second-order valence-corrected chi connectivity index (χ2v) is 8.43. The Hall–Kier alpha value is -2.21. The maximum Gasteiger partial charge on any atom is 0.227 e. The average Bonchev–Trinajstić information content (AvgIpc) is 3.11. The largest absolute Gasteiger partial charge is 0.340 e. The third kappa shape index (κ3) is 3.97. The number of benzene rings is 1. The molecule has 2 aliphatic heterocycles. The second-order valence-electron chi connectivity index (χ2n) is 8.43. The lowest BCUT2D eigenvalue weighted by molar-refractivity contribution is -0.138. The van der Waals surface area contributed by atoms with Crippen molar-refractivity contribution in [1.29, 1.82) is 0 Å². The second kappa shape index (κ2) is 8.03. The van der Waals surface area contributed by atoms with Crippen molar-refractivity contribution in [2.75, 3.05) is 32.7 Å². The average molecular weight is 384 g/mol. The molecule has 2 aliphatic rings. The third-order valence-corrected chi connectivity index (χ3v) is 5.85. The summed E-state index contributed by atoms with van der Waals surface area (Å²) in [4.78, 5) is 22.2. The molecule has 28 heavy (non-hydrogen) atoms. The standard InChI is InChI=1S/C22H29FN4O/c1-16(2)14-25-9-11-26(12-10-25)22(28)18-5-8-21-24-13-20(27(21)15-18)17-3-6-19(23)7-4-17/h3-4,6-7,13,16,18H,5,8-12,14-15H2,1-2H3. The van der Waals surface area contributed by atoms with E-state index in [1.165, 1.54) is 12.1 Å². The molecule has 0 radical (unpaired) electrons. The van der Waals surface area contributed by atoms with Gasteiger partial charge in [-0.25, -0.2) is 9.37 Å². The molecule has 150 valence electrons. The number of aromatic nitrogens is 2. The van der Waals surface area contributed by atoms with Crippen molar-refractivity contribution < 1.29 is 9.18 Å². The highest BCUT2D eigenvalue weighted by atomic mass is 19.1. The first kappa shape index (κ1) is 19.1. The highest BCUT2D eigenvalue weighted by Gasteiger charge is 2.31. The Morgan fingerprint density at radius 3 is 2.57 bits per heavy atom. The Morgan fingerprint density at radius 1 is 1.18 bits per heavy atom. The molecule has 1 fully saturated rings. The topological polar surface area (TPSA) is 41.4 Å². The van der Waals surface area contributed by atoms with Crippen LogP contribution >= 0.6 is 0 Å². The Balaban J connectivity index is 1.43. The lowest BCUT2D eigenvalue weighted by Gasteiger charge is -2.38. The van der Waals surface area contributed by atoms with Crippen LogP contribution in [0.1, 0.15) is 26.1 Å². The highest BCUT2D eigenvalue weighted by molar-refractivity contribution is 5.79. The molecule has 0 aliphatic carbocycles. The van der Waals surface area contributed by atoms with E-state index in [1.807, 2.05) is 11.1 Å².